The van der Waals surface area contributed by atoms with Crippen molar-refractivity contribution in [1.29, 1.82) is 0 Å². The van der Waals surface area contributed by atoms with Gasteiger partial charge in [-0.05, 0) is 23.3 Å². The van der Waals surface area contributed by atoms with Crippen LogP contribution in [0.2, 0.25) is 0 Å². The van der Waals surface area contributed by atoms with Crippen LogP contribution >= 0.6 is 0 Å². The highest BCUT2D eigenvalue weighted by Crippen LogP contribution is 2.26. The molecule has 25 heavy (non-hydrogen) atoms. The van der Waals surface area contributed by atoms with Gasteiger partial charge < -0.3 is 9.80 Å². The predicted octanol–water partition coefficient (Wildman–Crippen LogP) is 2.80. The molecule has 0 bridgehead atoms. The standard InChI is InChI=1S/C20H21FN2O2/c1-15(24)23-11-10-22(14-19(23)17-7-3-2-4-8-17)20(25)13-16-6-5-9-18(21)12-16/h2-9,12,19H,10-11,13-14H2,1H3/t19-/m0/s1. The van der Waals surface area contributed by atoms with E-state index in [-0.39, 0.29) is 30.1 Å². The second-order valence-electron chi connectivity index (χ2n) is 6.29. The molecule has 2 aromatic rings. The Balaban J connectivity index is 1.75. The van der Waals surface area contributed by atoms with Crippen molar-refractivity contribution in [2.24, 2.45) is 0 Å². The van der Waals surface area contributed by atoms with E-state index in [1.807, 2.05) is 30.3 Å². The van der Waals surface area contributed by atoms with Crippen molar-refractivity contribution in [2.75, 3.05) is 19.6 Å². The normalized spacial score (nSPS) is 17.4. The Morgan fingerprint density at radius 1 is 1.08 bits per heavy atom. The molecule has 2 aromatic carbocycles. The monoisotopic (exact) mass is 340 g/mol. The van der Waals surface area contributed by atoms with Gasteiger partial charge in [-0.15, -0.1) is 0 Å². The first-order valence-electron chi connectivity index (χ1n) is 8.39. The number of carbonyl (C=O) groups is 2. The maximum atomic E-state index is 13.3. The van der Waals surface area contributed by atoms with Crippen molar-refractivity contribution in [3.63, 3.8) is 0 Å². The van der Waals surface area contributed by atoms with Crippen LogP contribution in [0.15, 0.2) is 54.6 Å². The summed E-state index contributed by atoms with van der Waals surface area (Å²) in [5.74, 6) is -0.380. The van der Waals surface area contributed by atoms with E-state index in [0.717, 1.165) is 5.56 Å². The summed E-state index contributed by atoms with van der Waals surface area (Å²) in [6.07, 6.45) is 0.166. The molecule has 0 aliphatic carbocycles. The van der Waals surface area contributed by atoms with E-state index in [1.165, 1.54) is 12.1 Å². The van der Waals surface area contributed by atoms with Crippen LogP contribution in [0.5, 0.6) is 0 Å². The van der Waals surface area contributed by atoms with Crippen molar-refractivity contribution < 1.29 is 14.0 Å². The van der Waals surface area contributed by atoms with Crippen LogP contribution < -0.4 is 0 Å². The van der Waals surface area contributed by atoms with Crippen LogP contribution in [0.4, 0.5) is 4.39 Å². The number of hydrogen-bond acceptors (Lipinski definition) is 2. The smallest absolute Gasteiger partial charge is 0.227 e. The molecule has 3 rings (SSSR count). The van der Waals surface area contributed by atoms with Gasteiger partial charge in [0.2, 0.25) is 11.8 Å². The Kier molecular flexibility index (Phi) is 5.12. The lowest BCUT2D eigenvalue weighted by atomic mass is 10.0. The van der Waals surface area contributed by atoms with E-state index in [2.05, 4.69) is 0 Å². The topological polar surface area (TPSA) is 40.6 Å². The molecule has 0 aromatic heterocycles. The van der Waals surface area contributed by atoms with E-state index in [1.54, 1.807) is 28.9 Å². The summed E-state index contributed by atoms with van der Waals surface area (Å²) >= 11 is 0. The fraction of sp³-hybridized carbons (Fsp3) is 0.300. The summed E-state index contributed by atoms with van der Waals surface area (Å²) in [5, 5.41) is 0. The number of benzene rings is 2. The first-order chi connectivity index (χ1) is 12.0. The van der Waals surface area contributed by atoms with Crippen LogP contribution in [0.1, 0.15) is 24.1 Å². The van der Waals surface area contributed by atoms with E-state index in [0.29, 0.717) is 25.2 Å². The zero-order chi connectivity index (χ0) is 17.8. The van der Waals surface area contributed by atoms with Gasteiger partial charge in [0.15, 0.2) is 0 Å². The van der Waals surface area contributed by atoms with Crippen LogP contribution in [0, 0.1) is 5.82 Å². The quantitative estimate of drug-likeness (QED) is 0.862. The molecule has 130 valence electrons. The van der Waals surface area contributed by atoms with Gasteiger partial charge in [-0.3, -0.25) is 9.59 Å². The molecule has 1 atom stereocenters. The molecule has 1 saturated heterocycles. The molecule has 2 amide bonds. The highest BCUT2D eigenvalue weighted by atomic mass is 19.1. The molecule has 1 heterocycles. The van der Waals surface area contributed by atoms with Gasteiger partial charge >= 0.3 is 0 Å². The summed E-state index contributed by atoms with van der Waals surface area (Å²) in [6.45, 7) is 3.01. The second-order valence-corrected chi connectivity index (χ2v) is 6.29. The maximum Gasteiger partial charge on any atom is 0.227 e. The number of halogens is 1. The third-order valence-electron chi connectivity index (χ3n) is 4.57. The van der Waals surface area contributed by atoms with E-state index >= 15 is 0 Å². The average Bonchev–Trinajstić information content (AvgIpc) is 2.62. The molecular formula is C20H21FN2O2. The molecular weight excluding hydrogens is 319 g/mol. The number of carbonyl (C=O) groups excluding carboxylic acids is 2. The Morgan fingerprint density at radius 3 is 2.52 bits per heavy atom. The number of rotatable bonds is 3. The second kappa shape index (κ2) is 7.47. The highest BCUT2D eigenvalue weighted by Gasteiger charge is 2.31. The molecule has 1 aliphatic rings. The zero-order valence-electron chi connectivity index (χ0n) is 14.2. The Labute approximate surface area is 146 Å². The molecule has 0 saturated carbocycles. The van der Waals surface area contributed by atoms with Crippen LogP contribution in [0.3, 0.4) is 0 Å². The Morgan fingerprint density at radius 2 is 1.84 bits per heavy atom. The Hall–Kier alpha value is -2.69. The molecule has 0 radical (unpaired) electrons. The van der Waals surface area contributed by atoms with Crippen molar-refractivity contribution in [1.82, 2.24) is 9.80 Å². The lowest BCUT2D eigenvalue weighted by molar-refractivity contribution is -0.141. The third kappa shape index (κ3) is 4.05. The lowest BCUT2D eigenvalue weighted by Gasteiger charge is -2.41. The average molecular weight is 340 g/mol. The van der Waals surface area contributed by atoms with Gasteiger partial charge in [-0.1, -0.05) is 42.5 Å². The van der Waals surface area contributed by atoms with Crippen molar-refractivity contribution in [3.8, 4) is 0 Å². The zero-order valence-corrected chi connectivity index (χ0v) is 14.2. The maximum absolute atomic E-state index is 13.3. The predicted molar refractivity (Wildman–Crippen MR) is 93.3 cm³/mol. The van der Waals surface area contributed by atoms with Gasteiger partial charge in [0.25, 0.3) is 0 Å². The number of piperazine rings is 1. The molecule has 1 fully saturated rings. The number of amides is 2. The van der Waals surface area contributed by atoms with Crippen LogP contribution in [-0.4, -0.2) is 41.2 Å². The first kappa shape index (κ1) is 17.1. The van der Waals surface area contributed by atoms with Crippen molar-refractivity contribution in [2.45, 2.75) is 19.4 Å². The summed E-state index contributed by atoms with van der Waals surface area (Å²) in [7, 11) is 0. The minimum absolute atomic E-state index is 0.00563. The lowest BCUT2D eigenvalue weighted by Crippen LogP contribution is -2.52. The summed E-state index contributed by atoms with van der Waals surface area (Å²) < 4.78 is 13.3. The molecule has 5 heteroatoms. The minimum Gasteiger partial charge on any atom is -0.338 e. The minimum atomic E-state index is -0.339. The summed E-state index contributed by atoms with van der Waals surface area (Å²) in [5.41, 5.74) is 1.68. The van der Waals surface area contributed by atoms with Crippen LogP contribution in [-0.2, 0) is 16.0 Å². The summed E-state index contributed by atoms with van der Waals surface area (Å²) in [4.78, 5) is 28.2. The number of nitrogens with zero attached hydrogens (tertiary/aromatic N) is 2. The van der Waals surface area contributed by atoms with Crippen molar-refractivity contribution in [3.05, 3.63) is 71.5 Å². The Bertz CT molecular complexity index is 763. The fourth-order valence-corrected chi connectivity index (χ4v) is 3.28. The third-order valence-corrected chi connectivity index (χ3v) is 4.57. The fourth-order valence-electron chi connectivity index (χ4n) is 3.28. The SMILES string of the molecule is CC(=O)N1CCN(C(=O)Cc2cccc(F)c2)C[C@H]1c1ccccc1. The highest BCUT2D eigenvalue weighted by molar-refractivity contribution is 5.80. The molecule has 0 unspecified atom stereocenters. The molecule has 0 N–H and O–H groups in total. The largest absolute Gasteiger partial charge is 0.338 e. The first-order valence-corrected chi connectivity index (χ1v) is 8.39. The van der Waals surface area contributed by atoms with Gasteiger partial charge in [0.05, 0.1) is 12.5 Å². The molecule has 0 spiro atoms. The summed E-state index contributed by atoms with van der Waals surface area (Å²) in [6, 6.07) is 15.7. The van der Waals surface area contributed by atoms with E-state index in [9.17, 15) is 14.0 Å². The van der Waals surface area contributed by atoms with Gasteiger partial charge in [-0.2, -0.15) is 0 Å². The van der Waals surface area contributed by atoms with Crippen LogP contribution in [0.25, 0.3) is 0 Å². The van der Waals surface area contributed by atoms with Gasteiger partial charge in [-0.25, -0.2) is 4.39 Å². The molecule has 1 aliphatic heterocycles. The van der Waals surface area contributed by atoms with Crippen molar-refractivity contribution >= 4 is 11.8 Å². The van der Waals surface area contributed by atoms with Gasteiger partial charge in [0.1, 0.15) is 5.82 Å². The number of hydrogen-bond donors (Lipinski definition) is 0. The van der Waals surface area contributed by atoms with E-state index in [4.69, 9.17) is 0 Å². The van der Waals surface area contributed by atoms with Gasteiger partial charge in [0, 0.05) is 26.6 Å². The molecule has 4 nitrogen and oxygen atoms in total. The van der Waals surface area contributed by atoms with E-state index < -0.39 is 0 Å².